The van der Waals surface area contributed by atoms with Crippen molar-refractivity contribution < 1.29 is 13.2 Å². The van der Waals surface area contributed by atoms with Crippen molar-refractivity contribution in [3.8, 4) is 0 Å². The van der Waals surface area contributed by atoms with Crippen LogP contribution in [0.5, 0.6) is 0 Å². The van der Waals surface area contributed by atoms with E-state index in [1.807, 2.05) is 0 Å². The van der Waals surface area contributed by atoms with Gasteiger partial charge in [-0.15, -0.1) is 0 Å². The van der Waals surface area contributed by atoms with E-state index in [0.717, 1.165) is 19.3 Å². The number of hydrogen-bond donors (Lipinski definition) is 2. The smallest absolute Gasteiger partial charge is 0.238 e. The number of hydrogen-bond acceptors (Lipinski definition) is 3. The number of aryl methyl sites for hydroxylation is 1. The zero-order valence-electron chi connectivity index (χ0n) is 11.7. The van der Waals surface area contributed by atoms with Gasteiger partial charge in [0.15, 0.2) is 0 Å². The van der Waals surface area contributed by atoms with E-state index in [9.17, 15) is 13.2 Å². The third-order valence-electron chi connectivity index (χ3n) is 3.96. The predicted octanol–water partition coefficient (Wildman–Crippen LogP) is 2.02. The summed E-state index contributed by atoms with van der Waals surface area (Å²) >= 11 is 0. The number of nitrogens with two attached hydrogens (primary N) is 1. The Kier molecular flexibility index (Phi) is 4.15. The lowest BCUT2D eigenvalue weighted by Gasteiger charge is -2.16. The first kappa shape index (κ1) is 15.0. The van der Waals surface area contributed by atoms with E-state index in [4.69, 9.17) is 5.14 Å². The van der Waals surface area contributed by atoms with Gasteiger partial charge in [0.1, 0.15) is 0 Å². The number of nitrogens with one attached hydrogen (secondary N) is 1. The predicted molar refractivity (Wildman–Crippen MR) is 77.7 cm³/mol. The van der Waals surface area contributed by atoms with Gasteiger partial charge in [0, 0.05) is 11.6 Å². The van der Waals surface area contributed by atoms with E-state index >= 15 is 0 Å². The topological polar surface area (TPSA) is 89.3 Å². The molecule has 1 amide bonds. The molecule has 6 heteroatoms. The Bertz CT molecular complexity index is 625. The summed E-state index contributed by atoms with van der Waals surface area (Å²) in [6.07, 6.45) is 3.02. The van der Waals surface area contributed by atoms with Crippen molar-refractivity contribution in [2.45, 2.75) is 38.0 Å². The van der Waals surface area contributed by atoms with E-state index in [0.29, 0.717) is 17.2 Å². The standard InChI is InChI=1S/C14H20N2O3S/c1-9-4-3-5-12(9)14(17)16-11-7-6-10(2)13(8-11)20(15,18)19/h6-9,12H,3-5H2,1-2H3,(H,16,17)(H2,15,18,19). The molecular formula is C14H20N2O3S. The first-order valence-corrected chi connectivity index (χ1v) is 8.28. The van der Waals surface area contributed by atoms with Gasteiger partial charge in [-0.05, 0) is 43.4 Å². The average molecular weight is 296 g/mol. The Hall–Kier alpha value is -1.40. The summed E-state index contributed by atoms with van der Waals surface area (Å²) in [5.41, 5.74) is 1.04. The van der Waals surface area contributed by atoms with Crippen LogP contribution in [0.3, 0.4) is 0 Å². The average Bonchev–Trinajstić information content (AvgIpc) is 2.76. The van der Waals surface area contributed by atoms with Crippen LogP contribution in [0.4, 0.5) is 5.69 Å². The first-order valence-electron chi connectivity index (χ1n) is 6.73. The molecule has 1 aliphatic rings. The van der Waals surface area contributed by atoms with E-state index in [2.05, 4.69) is 12.2 Å². The Morgan fingerprint density at radius 1 is 1.35 bits per heavy atom. The minimum absolute atomic E-state index is 0.00855. The van der Waals surface area contributed by atoms with Crippen LogP contribution in [-0.4, -0.2) is 14.3 Å². The number of primary sulfonamides is 1. The largest absolute Gasteiger partial charge is 0.326 e. The van der Waals surface area contributed by atoms with Crippen LogP contribution in [0.25, 0.3) is 0 Å². The number of carbonyl (C=O) groups excluding carboxylic acids is 1. The van der Waals surface area contributed by atoms with E-state index < -0.39 is 10.0 Å². The second-order valence-electron chi connectivity index (χ2n) is 5.53. The number of anilines is 1. The molecule has 0 spiro atoms. The molecule has 3 N–H and O–H groups in total. The van der Waals surface area contributed by atoms with Gasteiger partial charge < -0.3 is 5.32 Å². The Balaban J connectivity index is 2.20. The molecule has 5 nitrogen and oxygen atoms in total. The fraction of sp³-hybridized carbons (Fsp3) is 0.500. The molecule has 2 atom stereocenters. The number of benzene rings is 1. The van der Waals surface area contributed by atoms with Gasteiger partial charge in [0.25, 0.3) is 0 Å². The maximum Gasteiger partial charge on any atom is 0.238 e. The second-order valence-corrected chi connectivity index (χ2v) is 7.06. The van der Waals surface area contributed by atoms with Gasteiger partial charge in [-0.2, -0.15) is 0 Å². The number of rotatable bonds is 3. The Morgan fingerprint density at radius 3 is 2.60 bits per heavy atom. The molecule has 0 bridgehead atoms. The molecule has 2 unspecified atom stereocenters. The normalized spacial score (nSPS) is 22.8. The monoisotopic (exact) mass is 296 g/mol. The fourth-order valence-corrected chi connectivity index (χ4v) is 3.56. The Labute approximate surface area is 119 Å². The maximum atomic E-state index is 12.2. The molecular weight excluding hydrogens is 276 g/mol. The van der Waals surface area contributed by atoms with Gasteiger partial charge in [-0.1, -0.05) is 19.4 Å². The third kappa shape index (κ3) is 3.19. The summed E-state index contributed by atoms with van der Waals surface area (Å²) in [7, 11) is -3.77. The lowest BCUT2D eigenvalue weighted by atomic mass is 9.97. The molecule has 0 aliphatic heterocycles. The molecule has 2 rings (SSSR count). The molecule has 110 valence electrons. The van der Waals surface area contributed by atoms with Crippen molar-refractivity contribution in [2.24, 2.45) is 17.0 Å². The molecule has 20 heavy (non-hydrogen) atoms. The molecule has 0 aromatic heterocycles. The molecule has 1 aromatic rings. The van der Waals surface area contributed by atoms with Crippen LogP contribution < -0.4 is 10.5 Å². The van der Waals surface area contributed by atoms with Crippen molar-refractivity contribution in [1.29, 1.82) is 0 Å². The summed E-state index contributed by atoms with van der Waals surface area (Å²) < 4.78 is 22.9. The van der Waals surface area contributed by atoms with E-state index in [1.165, 1.54) is 6.07 Å². The Morgan fingerprint density at radius 2 is 2.05 bits per heavy atom. The zero-order chi connectivity index (χ0) is 14.9. The molecule has 0 saturated heterocycles. The fourth-order valence-electron chi connectivity index (χ4n) is 2.75. The first-order chi connectivity index (χ1) is 9.29. The van der Waals surface area contributed by atoms with Gasteiger partial charge in [0.2, 0.25) is 15.9 Å². The summed E-state index contributed by atoms with van der Waals surface area (Å²) in [4.78, 5) is 12.2. The van der Waals surface area contributed by atoms with Crippen molar-refractivity contribution in [3.63, 3.8) is 0 Å². The molecule has 0 radical (unpaired) electrons. The highest BCUT2D eigenvalue weighted by atomic mass is 32.2. The van der Waals surface area contributed by atoms with Crippen LogP contribution >= 0.6 is 0 Å². The lowest BCUT2D eigenvalue weighted by molar-refractivity contribution is -0.120. The molecule has 1 saturated carbocycles. The van der Waals surface area contributed by atoms with Gasteiger partial charge in [0.05, 0.1) is 4.90 Å². The van der Waals surface area contributed by atoms with E-state index in [-0.39, 0.29) is 16.7 Å². The van der Waals surface area contributed by atoms with Crippen LogP contribution in [0, 0.1) is 18.8 Å². The van der Waals surface area contributed by atoms with Crippen molar-refractivity contribution in [1.82, 2.24) is 0 Å². The van der Waals surface area contributed by atoms with Crippen LogP contribution in [0.2, 0.25) is 0 Å². The third-order valence-corrected chi connectivity index (χ3v) is 5.01. The summed E-state index contributed by atoms with van der Waals surface area (Å²) in [6.45, 7) is 3.74. The van der Waals surface area contributed by atoms with Crippen LogP contribution in [-0.2, 0) is 14.8 Å². The molecule has 1 aromatic carbocycles. The minimum Gasteiger partial charge on any atom is -0.326 e. The molecule has 1 aliphatic carbocycles. The number of sulfonamides is 1. The molecule has 0 heterocycles. The quantitative estimate of drug-likeness (QED) is 0.894. The number of amides is 1. The summed E-state index contributed by atoms with van der Waals surface area (Å²) in [5, 5.41) is 7.96. The highest BCUT2D eigenvalue weighted by molar-refractivity contribution is 7.89. The minimum atomic E-state index is -3.77. The van der Waals surface area contributed by atoms with Crippen molar-refractivity contribution in [3.05, 3.63) is 23.8 Å². The highest BCUT2D eigenvalue weighted by Crippen LogP contribution is 2.32. The molecule has 1 fully saturated rings. The lowest BCUT2D eigenvalue weighted by Crippen LogP contribution is -2.24. The second kappa shape index (κ2) is 5.54. The maximum absolute atomic E-state index is 12.2. The van der Waals surface area contributed by atoms with Crippen LogP contribution in [0.15, 0.2) is 23.1 Å². The SMILES string of the molecule is Cc1ccc(NC(=O)C2CCCC2C)cc1S(N)(=O)=O. The van der Waals surface area contributed by atoms with Crippen LogP contribution in [0.1, 0.15) is 31.7 Å². The van der Waals surface area contributed by atoms with Gasteiger partial charge in [-0.25, -0.2) is 13.6 Å². The summed E-state index contributed by atoms with van der Waals surface area (Å²) in [5.74, 6) is 0.339. The van der Waals surface area contributed by atoms with Crippen molar-refractivity contribution in [2.75, 3.05) is 5.32 Å². The summed E-state index contributed by atoms with van der Waals surface area (Å²) in [6, 6.07) is 4.76. The van der Waals surface area contributed by atoms with Gasteiger partial charge in [-0.3, -0.25) is 4.79 Å². The highest BCUT2D eigenvalue weighted by Gasteiger charge is 2.29. The number of carbonyl (C=O) groups is 1. The zero-order valence-corrected chi connectivity index (χ0v) is 12.5. The van der Waals surface area contributed by atoms with E-state index in [1.54, 1.807) is 19.1 Å². The van der Waals surface area contributed by atoms with Gasteiger partial charge >= 0.3 is 0 Å². The van der Waals surface area contributed by atoms with Crippen molar-refractivity contribution >= 4 is 21.6 Å².